The summed E-state index contributed by atoms with van der Waals surface area (Å²) in [6.07, 6.45) is 0. The summed E-state index contributed by atoms with van der Waals surface area (Å²) in [4.78, 5) is 24.7. The maximum atomic E-state index is 13.3. The lowest BCUT2D eigenvalue weighted by Crippen LogP contribution is -2.21. The van der Waals surface area contributed by atoms with Crippen LogP contribution < -0.4 is 15.6 Å². The first-order chi connectivity index (χ1) is 16.1. The number of hydrogen-bond donors (Lipinski definition) is 1. The molecule has 1 N–H and O–H groups in total. The number of benzene rings is 2. The third-order valence-corrected chi connectivity index (χ3v) is 6.72. The Morgan fingerprint density at radius 3 is 2.70 bits per heavy atom. The van der Waals surface area contributed by atoms with E-state index in [1.807, 2.05) is 66.9 Å². The van der Waals surface area contributed by atoms with Gasteiger partial charge in [-0.05, 0) is 54.8 Å². The zero-order chi connectivity index (χ0) is 22.8. The third kappa shape index (κ3) is 4.44. The van der Waals surface area contributed by atoms with Gasteiger partial charge >= 0.3 is 0 Å². The van der Waals surface area contributed by atoms with Crippen LogP contribution in [0.2, 0.25) is 0 Å². The van der Waals surface area contributed by atoms with Crippen LogP contribution in [0.5, 0.6) is 5.75 Å². The Kier molecular flexibility index (Phi) is 5.77. The molecular formula is C25H19N3O3S2. The van der Waals surface area contributed by atoms with Crippen molar-refractivity contribution in [1.29, 1.82) is 0 Å². The molecule has 0 aliphatic rings. The molecule has 0 bridgehead atoms. The van der Waals surface area contributed by atoms with E-state index in [2.05, 4.69) is 15.3 Å². The van der Waals surface area contributed by atoms with Crippen LogP contribution in [-0.2, 0) is 0 Å². The number of carbonyl (C=O) groups is 1. The van der Waals surface area contributed by atoms with Gasteiger partial charge in [0, 0.05) is 10.3 Å². The average molecular weight is 474 g/mol. The molecule has 164 valence electrons. The number of amides is 1. The average Bonchev–Trinajstić information content (AvgIpc) is 3.48. The Bertz CT molecular complexity index is 1500. The summed E-state index contributed by atoms with van der Waals surface area (Å²) >= 11 is 3.05. The number of nitrogens with one attached hydrogen (secondary N) is 1. The number of thiophene rings is 1. The number of rotatable bonds is 5. The molecule has 3 aromatic heterocycles. The number of thiazole rings is 1. The minimum atomic E-state index is -0.343. The van der Waals surface area contributed by atoms with Crippen LogP contribution in [0, 0.1) is 6.92 Å². The number of anilines is 1. The highest BCUT2D eigenvalue weighted by atomic mass is 32.1. The van der Waals surface area contributed by atoms with Crippen molar-refractivity contribution in [3.63, 3.8) is 0 Å². The lowest BCUT2D eigenvalue weighted by atomic mass is 10.1. The van der Waals surface area contributed by atoms with E-state index in [0.717, 1.165) is 20.8 Å². The SMILES string of the molecule is COc1ccc2oc(=Nc3ccccc3)c(C(=O)Nc3nc(-c4cccs4)c(C)s3)cc2c1. The molecule has 0 aliphatic heterocycles. The van der Waals surface area contributed by atoms with Crippen LogP contribution in [0.15, 0.2) is 81.5 Å². The second-order valence-electron chi connectivity index (χ2n) is 7.17. The highest BCUT2D eigenvalue weighted by molar-refractivity contribution is 7.17. The van der Waals surface area contributed by atoms with Crippen molar-refractivity contribution in [2.45, 2.75) is 6.92 Å². The number of aryl methyl sites for hydroxylation is 1. The highest BCUT2D eigenvalue weighted by Gasteiger charge is 2.17. The van der Waals surface area contributed by atoms with Gasteiger partial charge in [-0.15, -0.1) is 22.7 Å². The molecule has 8 heteroatoms. The lowest BCUT2D eigenvalue weighted by molar-refractivity contribution is 0.102. The quantitative estimate of drug-likeness (QED) is 0.320. The molecule has 1 amide bonds. The van der Waals surface area contributed by atoms with Gasteiger partial charge in [0.05, 0.1) is 23.4 Å². The zero-order valence-corrected chi connectivity index (χ0v) is 19.5. The van der Waals surface area contributed by atoms with Gasteiger partial charge < -0.3 is 9.15 Å². The van der Waals surface area contributed by atoms with Gasteiger partial charge in [0.15, 0.2) is 5.13 Å². The van der Waals surface area contributed by atoms with Gasteiger partial charge in [-0.25, -0.2) is 9.98 Å². The van der Waals surface area contributed by atoms with E-state index in [1.165, 1.54) is 11.3 Å². The van der Waals surface area contributed by atoms with E-state index in [9.17, 15) is 4.79 Å². The minimum absolute atomic E-state index is 0.225. The minimum Gasteiger partial charge on any atom is -0.497 e. The van der Waals surface area contributed by atoms with Gasteiger partial charge in [-0.1, -0.05) is 24.3 Å². The predicted octanol–water partition coefficient (Wildman–Crippen LogP) is 6.42. The van der Waals surface area contributed by atoms with E-state index < -0.39 is 0 Å². The van der Waals surface area contributed by atoms with Crippen LogP contribution >= 0.6 is 22.7 Å². The Morgan fingerprint density at radius 2 is 1.94 bits per heavy atom. The second kappa shape index (κ2) is 9.01. The van der Waals surface area contributed by atoms with E-state index in [-0.39, 0.29) is 11.5 Å². The predicted molar refractivity (Wildman–Crippen MR) is 133 cm³/mol. The zero-order valence-electron chi connectivity index (χ0n) is 17.9. The topological polar surface area (TPSA) is 76.7 Å². The first-order valence-corrected chi connectivity index (χ1v) is 11.8. The molecular weight excluding hydrogens is 454 g/mol. The number of aromatic nitrogens is 1. The molecule has 0 atom stereocenters. The summed E-state index contributed by atoms with van der Waals surface area (Å²) in [6.45, 7) is 2.00. The van der Waals surface area contributed by atoms with Gasteiger partial charge in [0.2, 0.25) is 5.55 Å². The lowest BCUT2D eigenvalue weighted by Gasteiger charge is -2.06. The van der Waals surface area contributed by atoms with Gasteiger partial charge in [0.25, 0.3) is 5.91 Å². The number of ether oxygens (including phenoxy) is 1. The van der Waals surface area contributed by atoms with E-state index in [1.54, 1.807) is 30.6 Å². The summed E-state index contributed by atoms with van der Waals surface area (Å²) in [5.41, 5.74) is 2.71. The van der Waals surface area contributed by atoms with Crippen molar-refractivity contribution < 1.29 is 13.9 Å². The molecule has 5 rings (SSSR count). The molecule has 3 heterocycles. The van der Waals surface area contributed by atoms with Crippen molar-refractivity contribution in [2.24, 2.45) is 4.99 Å². The number of methoxy groups -OCH3 is 1. The number of hydrogen-bond acceptors (Lipinski definition) is 7. The first-order valence-electron chi connectivity index (χ1n) is 10.1. The maximum Gasteiger partial charge on any atom is 0.262 e. The fourth-order valence-electron chi connectivity index (χ4n) is 3.36. The second-order valence-corrected chi connectivity index (χ2v) is 9.32. The first kappa shape index (κ1) is 21.1. The standard InChI is InChI=1S/C25H19N3O3S2/c1-15-22(21-9-6-12-32-21)27-25(33-15)28-23(29)19-14-16-13-18(30-2)10-11-20(16)31-24(19)26-17-7-4-3-5-8-17/h3-14H,1-2H3,(H,27,28,29). The summed E-state index contributed by atoms with van der Waals surface area (Å²) < 4.78 is 11.4. The van der Waals surface area contributed by atoms with Crippen molar-refractivity contribution in [3.05, 3.63) is 88.1 Å². The van der Waals surface area contributed by atoms with E-state index in [4.69, 9.17) is 9.15 Å². The normalized spacial score (nSPS) is 11.6. The Balaban J connectivity index is 1.58. The smallest absolute Gasteiger partial charge is 0.262 e. The molecule has 0 aliphatic carbocycles. The van der Waals surface area contributed by atoms with Crippen molar-refractivity contribution in [1.82, 2.24) is 4.98 Å². The van der Waals surface area contributed by atoms with Crippen LogP contribution in [0.25, 0.3) is 21.5 Å². The summed E-state index contributed by atoms with van der Waals surface area (Å²) in [5.74, 6) is 0.331. The van der Waals surface area contributed by atoms with Gasteiger partial charge in [0.1, 0.15) is 16.9 Å². The molecule has 0 radical (unpaired) electrons. The van der Waals surface area contributed by atoms with Crippen LogP contribution in [0.3, 0.4) is 0 Å². The third-order valence-electron chi connectivity index (χ3n) is 4.96. The molecule has 0 fully saturated rings. The van der Waals surface area contributed by atoms with Crippen molar-refractivity contribution in [3.8, 4) is 16.3 Å². The largest absolute Gasteiger partial charge is 0.497 e. The number of carbonyl (C=O) groups excluding carboxylic acids is 1. The monoisotopic (exact) mass is 473 g/mol. The van der Waals surface area contributed by atoms with Crippen LogP contribution in [-0.4, -0.2) is 18.0 Å². The Morgan fingerprint density at radius 1 is 1.09 bits per heavy atom. The highest BCUT2D eigenvalue weighted by Crippen LogP contribution is 2.33. The van der Waals surface area contributed by atoms with E-state index in [0.29, 0.717) is 27.7 Å². The van der Waals surface area contributed by atoms with E-state index >= 15 is 0 Å². The number of fused-ring (bicyclic) bond motifs is 1. The maximum absolute atomic E-state index is 13.3. The molecule has 0 saturated carbocycles. The van der Waals surface area contributed by atoms with Gasteiger partial charge in [-0.3, -0.25) is 10.1 Å². The summed E-state index contributed by atoms with van der Waals surface area (Å²) in [6, 6.07) is 20.6. The Labute approximate surface area is 197 Å². The molecule has 0 spiro atoms. The van der Waals surface area contributed by atoms with Crippen molar-refractivity contribution >= 4 is 50.4 Å². The fraction of sp³-hybridized carbons (Fsp3) is 0.0800. The molecule has 5 aromatic rings. The number of nitrogens with zero attached hydrogens (tertiary/aromatic N) is 2. The van der Waals surface area contributed by atoms with Crippen molar-refractivity contribution in [2.75, 3.05) is 12.4 Å². The molecule has 0 unspecified atom stereocenters. The van der Waals surface area contributed by atoms with Crippen LogP contribution in [0.4, 0.5) is 10.8 Å². The Hall–Kier alpha value is -3.75. The summed E-state index contributed by atoms with van der Waals surface area (Å²) in [5, 5.41) is 6.19. The molecule has 33 heavy (non-hydrogen) atoms. The summed E-state index contributed by atoms with van der Waals surface area (Å²) in [7, 11) is 1.60. The molecule has 0 saturated heterocycles. The molecule has 2 aromatic carbocycles. The van der Waals surface area contributed by atoms with Crippen LogP contribution in [0.1, 0.15) is 15.2 Å². The molecule has 6 nitrogen and oxygen atoms in total. The van der Waals surface area contributed by atoms with Gasteiger partial charge in [-0.2, -0.15) is 0 Å². The fourth-order valence-corrected chi connectivity index (χ4v) is 5.02. The number of para-hydroxylation sites is 1.